The minimum absolute atomic E-state index is 0.390. The third kappa shape index (κ3) is 3.65. The summed E-state index contributed by atoms with van der Waals surface area (Å²) in [4.78, 5) is 1.33. The van der Waals surface area contributed by atoms with E-state index < -0.39 is 0 Å². The van der Waals surface area contributed by atoms with E-state index in [1.165, 1.54) is 27.1 Å². The molecule has 106 valence electrons. The first-order chi connectivity index (χ1) is 9.61. The number of benzene rings is 2. The maximum atomic E-state index is 3.47. The van der Waals surface area contributed by atoms with Crippen LogP contribution >= 0.6 is 11.8 Å². The zero-order valence-corrected chi connectivity index (χ0v) is 13.6. The van der Waals surface area contributed by atoms with Crippen molar-refractivity contribution in [3.05, 3.63) is 64.7 Å². The zero-order valence-electron chi connectivity index (χ0n) is 12.7. The van der Waals surface area contributed by atoms with Crippen molar-refractivity contribution in [2.75, 3.05) is 12.8 Å². The number of hydrogen-bond acceptors (Lipinski definition) is 2. The molecule has 0 fully saturated rings. The second-order valence-electron chi connectivity index (χ2n) is 5.28. The molecular formula is C18H23NS. The van der Waals surface area contributed by atoms with Gasteiger partial charge in [-0.05, 0) is 56.6 Å². The van der Waals surface area contributed by atoms with Crippen LogP contribution in [0.25, 0.3) is 0 Å². The van der Waals surface area contributed by atoms with Crippen molar-refractivity contribution in [3.63, 3.8) is 0 Å². The Morgan fingerprint density at radius 2 is 1.60 bits per heavy atom. The van der Waals surface area contributed by atoms with Crippen LogP contribution in [0.2, 0.25) is 0 Å². The molecule has 0 heterocycles. The van der Waals surface area contributed by atoms with E-state index in [1.54, 1.807) is 0 Å². The average Bonchev–Trinajstić information content (AvgIpc) is 2.42. The fourth-order valence-corrected chi connectivity index (χ4v) is 3.79. The second-order valence-corrected chi connectivity index (χ2v) is 6.37. The van der Waals surface area contributed by atoms with Crippen molar-refractivity contribution < 1.29 is 0 Å². The van der Waals surface area contributed by atoms with Gasteiger partial charge >= 0.3 is 0 Å². The van der Waals surface area contributed by atoms with E-state index in [0.29, 0.717) is 6.04 Å². The van der Waals surface area contributed by atoms with Gasteiger partial charge < -0.3 is 5.32 Å². The summed E-state index contributed by atoms with van der Waals surface area (Å²) in [6.45, 7) is 6.59. The molecule has 0 radical (unpaired) electrons. The third-order valence-corrected chi connectivity index (χ3v) is 4.70. The van der Waals surface area contributed by atoms with Gasteiger partial charge in [-0.25, -0.2) is 0 Å². The highest BCUT2D eigenvalue weighted by Crippen LogP contribution is 2.29. The van der Waals surface area contributed by atoms with Gasteiger partial charge in [-0.3, -0.25) is 0 Å². The lowest BCUT2D eigenvalue weighted by Crippen LogP contribution is -2.21. The molecule has 0 spiro atoms. The first-order valence-corrected chi connectivity index (χ1v) is 8.03. The SMILES string of the molecule is CNC(CSc1ccccc1)c1c(C)cc(C)cc1C. The second kappa shape index (κ2) is 6.96. The third-order valence-electron chi connectivity index (χ3n) is 3.59. The van der Waals surface area contributed by atoms with Crippen molar-refractivity contribution in [3.8, 4) is 0 Å². The summed E-state index contributed by atoms with van der Waals surface area (Å²) in [5.74, 6) is 1.05. The average molecular weight is 285 g/mol. The normalized spacial score (nSPS) is 12.4. The molecule has 2 rings (SSSR count). The smallest absolute Gasteiger partial charge is 0.0418 e. The molecule has 1 nitrogen and oxygen atoms in total. The monoisotopic (exact) mass is 285 g/mol. The highest BCUT2D eigenvalue weighted by atomic mass is 32.2. The Morgan fingerprint density at radius 1 is 1.00 bits per heavy atom. The molecule has 20 heavy (non-hydrogen) atoms. The summed E-state index contributed by atoms with van der Waals surface area (Å²) >= 11 is 1.91. The van der Waals surface area contributed by atoms with Gasteiger partial charge in [0, 0.05) is 16.7 Å². The number of nitrogens with one attached hydrogen (secondary N) is 1. The van der Waals surface area contributed by atoms with Crippen LogP contribution in [0.3, 0.4) is 0 Å². The van der Waals surface area contributed by atoms with Gasteiger partial charge in [-0.15, -0.1) is 11.8 Å². The van der Waals surface area contributed by atoms with Gasteiger partial charge in [0.2, 0.25) is 0 Å². The summed E-state index contributed by atoms with van der Waals surface area (Å²) in [7, 11) is 2.05. The van der Waals surface area contributed by atoms with Gasteiger partial charge in [0.15, 0.2) is 0 Å². The van der Waals surface area contributed by atoms with Crippen molar-refractivity contribution in [1.29, 1.82) is 0 Å². The first kappa shape index (κ1) is 15.1. The first-order valence-electron chi connectivity index (χ1n) is 7.04. The molecule has 2 aromatic carbocycles. The number of thioether (sulfide) groups is 1. The van der Waals surface area contributed by atoms with Gasteiger partial charge in [0.1, 0.15) is 0 Å². The molecule has 1 unspecified atom stereocenters. The van der Waals surface area contributed by atoms with Crippen LogP contribution < -0.4 is 5.32 Å². The lowest BCUT2D eigenvalue weighted by atomic mass is 9.95. The molecule has 2 heteroatoms. The Balaban J connectivity index is 2.17. The minimum atomic E-state index is 0.390. The summed E-state index contributed by atoms with van der Waals surface area (Å²) in [6.07, 6.45) is 0. The summed E-state index contributed by atoms with van der Waals surface area (Å²) in [5, 5.41) is 3.47. The molecule has 0 saturated carbocycles. The highest BCUT2D eigenvalue weighted by molar-refractivity contribution is 7.99. The van der Waals surface area contributed by atoms with Gasteiger partial charge in [0.05, 0.1) is 0 Å². The zero-order chi connectivity index (χ0) is 14.5. The molecule has 1 atom stereocenters. The molecule has 0 amide bonds. The molecular weight excluding hydrogens is 262 g/mol. The Bertz CT molecular complexity index is 540. The van der Waals surface area contributed by atoms with E-state index in [-0.39, 0.29) is 0 Å². The van der Waals surface area contributed by atoms with E-state index >= 15 is 0 Å². The quantitative estimate of drug-likeness (QED) is 0.802. The predicted molar refractivity (Wildman–Crippen MR) is 89.6 cm³/mol. The maximum absolute atomic E-state index is 3.47. The molecule has 1 N–H and O–H groups in total. The van der Waals surface area contributed by atoms with E-state index in [0.717, 1.165) is 5.75 Å². The molecule has 0 saturated heterocycles. The lowest BCUT2D eigenvalue weighted by Gasteiger charge is -2.21. The number of rotatable bonds is 5. The summed E-state index contributed by atoms with van der Waals surface area (Å²) in [5.41, 5.74) is 5.56. The van der Waals surface area contributed by atoms with Crippen LogP contribution in [0.1, 0.15) is 28.3 Å². The maximum Gasteiger partial charge on any atom is 0.0418 e. The molecule has 2 aromatic rings. The van der Waals surface area contributed by atoms with E-state index in [1.807, 2.05) is 11.8 Å². The molecule has 0 aliphatic carbocycles. The van der Waals surface area contributed by atoms with Crippen LogP contribution in [0.4, 0.5) is 0 Å². The standard InChI is InChI=1S/C18H23NS/c1-13-10-14(2)18(15(3)11-13)17(19-4)12-20-16-8-6-5-7-9-16/h5-11,17,19H,12H2,1-4H3. The fraction of sp³-hybridized carbons (Fsp3) is 0.333. The Morgan fingerprint density at radius 3 is 2.15 bits per heavy atom. The van der Waals surface area contributed by atoms with E-state index in [9.17, 15) is 0 Å². The Kier molecular flexibility index (Phi) is 5.27. The van der Waals surface area contributed by atoms with Gasteiger partial charge in [0.25, 0.3) is 0 Å². The van der Waals surface area contributed by atoms with Crippen LogP contribution in [0.5, 0.6) is 0 Å². The fourth-order valence-electron chi connectivity index (χ4n) is 2.75. The molecule has 0 aliphatic rings. The predicted octanol–water partition coefficient (Wildman–Crippen LogP) is 4.66. The van der Waals surface area contributed by atoms with Crippen LogP contribution in [-0.4, -0.2) is 12.8 Å². The lowest BCUT2D eigenvalue weighted by molar-refractivity contribution is 0.653. The van der Waals surface area contributed by atoms with Crippen molar-refractivity contribution in [2.45, 2.75) is 31.7 Å². The number of aryl methyl sites for hydroxylation is 3. The van der Waals surface area contributed by atoms with Gasteiger partial charge in [-0.2, -0.15) is 0 Å². The Labute approximate surface area is 126 Å². The molecule has 0 aliphatic heterocycles. The van der Waals surface area contributed by atoms with Crippen molar-refractivity contribution >= 4 is 11.8 Å². The summed E-state index contributed by atoms with van der Waals surface area (Å²) < 4.78 is 0. The van der Waals surface area contributed by atoms with Crippen molar-refractivity contribution in [2.24, 2.45) is 0 Å². The topological polar surface area (TPSA) is 12.0 Å². The minimum Gasteiger partial charge on any atom is -0.312 e. The van der Waals surface area contributed by atoms with Gasteiger partial charge in [-0.1, -0.05) is 35.9 Å². The van der Waals surface area contributed by atoms with E-state index in [2.05, 4.69) is 75.6 Å². The molecule has 0 aromatic heterocycles. The van der Waals surface area contributed by atoms with Crippen LogP contribution in [-0.2, 0) is 0 Å². The number of hydrogen-bond donors (Lipinski definition) is 1. The Hall–Kier alpha value is -1.25. The van der Waals surface area contributed by atoms with Crippen molar-refractivity contribution in [1.82, 2.24) is 5.32 Å². The highest BCUT2D eigenvalue weighted by Gasteiger charge is 2.15. The summed E-state index contributed by atoms with van der Waals surface area (Å²) in [6, 6.07) is 15.5. The molecule has 0 bridgehead atoms. The largest absolute Gasteiger partial charge is 0.312 e. The van der Waals surface area contributed by atoms with E-state index in [4.69, 9.17) is 0 Å². The van der Waals surface area contributed by atoms with Crippen LogP contribution in [0.15, 0.2) is 47.4 Å². The van der Waals surface area contributed by atoms with Crippen LogP contribution in [0, 0.1) is 20.8 Å².